The van der Waals surface area contributed by atoms with E-state index in [1.165, 1.54) is 0 Å². The predicted molar refractivity (Wildman–Crippen MR) is 105 cm³/mol. The van der Waals surface area contributed by atoms with Gasteiger partial charge in [0.1, 0.15) is 0 Å². The number of nitrogens with one attached hydrogen (secondary N) is 2. The second kappa shape index (κ2) is 7.43. The largest absolute Gasteiger partial charge is 0.322 e. The van der Waals surface area contributed by atoms with Gasteiger partial charge in [0.05, 0.1) is 5.75 Å². The lowest BCUT2D eigenvalue weighted by molar-refractivity contribution is 0.580. The van der Waals surface area contributed by atoms with Gasteiger partial charge in [-0.15, -0.1) is 0 Å². The highest BCUT2D eigenvalue weighted by molar-refractivity contribution is 7.88. The van der Waals surface area contributed by atoms with Crippen molar-refractivity contribution in [1.29, 1.82) is 0 Å². The number of aromatic amines is 1. The van der Waals surface area contributed by atoms with Crippen LogP contribution in [0.1, 0.15) is 22.3 Å². The van der Waals surface area contributed by atoms with Gasteiger partial charge in [-0.3, -0.25) is 4.79 Å². The molecule has 0 amide bonds. The van der Waals surface area contributed by atoms with E-state index in [4.69, 9.17) is 0 Å². The number of benzene rings is 2. The molecule has 6 heteroatoms. The quantitative estimate of drug-likeness (QED) is 0.700. The molecule has 2 N–H and O–H groups in total. The average molecular weight is 370 g/mol. The Bertz CT molecular complexity index is 1090. The van der Waals surface area contributed by atoms with E-state index in [2.05, 4.69) is 9.71 Å². The molecule has 136 valence electrons. The highest BCUT2D eigenvalue weighted by Gasteiger charge is 2.12. The molecule has 0 saturated carbocycles. The minimum Gasteiger partial charge on any atom is -0.322 e. The van der Waals surface area contributed by atoms with Gasteiger partial charge in [0.25, 0.3) is 5.56 Å². The highest BCUT2D eigenvalue weighted by Crippen LogP contribution is 2.17. The summed E-state index contributed by atoms with van der Waals surface area (Å²) in [5, 5.41) is 0.954. The third kappa shape index (κ3) is 4.39. The smallest absolute Gasteiger partial charge is 0.251 e. The summed E-state index contributed by atoms with van der Waals surface area (Å²) in [4.78, 5) is 15.1. The zero-order valence-electron chi connectivity index (χ0n) is 14.9. The molecule has 2 aromatic carbocycles. The summed E-state index contributed by atoms with van der Waals surface area (Å²) in [6, 6.07) is 14.8. The molecule has 0 spiro atoms. The second-order valence-electron chi connectivity index (χ2n) is 6.54. The summed E-state index contributed by atoms with van der Waals surface area (Å²) in [7, 11) is -3.43. The van der Waals surface area contributed by atoms with Crippen molar-refractivity contribution in [2.75, 3.05) is 6.54 Å². The molecule has 3 rings (SSSR count). The first-order valence-electron chi connectivity index (χ1n) is 8.48. The van der Waals surface area contributed by atoms with Crippen LogP contribution in [0, 0.1) is 13.8 Å². The first-order chi connectivity index (χ1) is 12.3. The number of H-pyrrole nitrogens is 1. The highest BCUT2D eigenvalue weighted by atomic mass is 32.2. The van der Waals surface area contributed by atoms with Crippen LogP contribution in [0.3, 0.4) is 0 Å². The minimum atomic E-state index is -3.43. The first kappa shape index (κ1) is 18.4. The van der Waals surface area contributed by atoms with Gasteiger partial charge in [0, 0.05) is 17.6 Å². The molecule has 0 aliphatic rings. The molecule has 0 atom stereocenters. The fraction of sp³-hybridized carbons (Fsp3) is 0.250. The van der Waals surface area contributed by atoms with Crippen LogP contribution in [0.4, 0.5) is 0 Å². The van der Waals surface area contributed by atoms with Gasteiger partial charge in [-0.05, 0) is 60.5 Å². The zero-order chi connectivity index (χ0) is 18.7. The standard InChI is InChI=1S/C20H22N2O3S/c1-14-10-18-12-17(20(23)22-19(18)11-15(14)2)8-9-21-26(24,25)13-16-6-4-3-5-7-16/h3-7,10-12,21H,8-9,13H2,1-2H3,(H,22,23). The molecule has 26 heavy (non-hydrogen) atoms. The van der Waals surface area contributed by atoms with E-state index in [9.17, 15) is 13.2 Å². The molecule has 0 fully saturated rings. The summed E-state index contributed by atoms with van der Waals surface area (Å²) >= 11 is 0. The van der Waals surface area contributed by atoms with Crippen LogP contribution in [-0.4, -0.2) is 19.9 Å². The number of aromatic nitrogens is 1. The fourth-order valence-electron chi connectivity index (χ4n) is 2.89. The van der Waals surface area contributed by atoms with Crippen molar-refractivity contribution in [3.8, 4) is 0 Å². The maximum Gasteiger partial charge on any atom is 0.251 e. The molecule has 1 aromatic heterocycles. The van der Waals surface area contributed by atoms with Crippen molar-refractivity contribution in [2.45, 2.75) is 26.0 Å². The van der Waals surface area contributed by atoms with Crippen LogP contribution in [0.15, 0.2) is 53.3 Å². The lowest BCUT2D eigenvalue weighted by Gasteiger charge is -2.08. The van der Waals surface area contributed by atoms with Crippen LogP contribution in [0.5, 0.6) is 0 Å². The Morgan fingerprint density at radius 2 is 1.69 bits per heavy atom. The number of fused-ring (bicyclic) bond motifs is 1. The lowest BCUT2D eigenvalue weighted by atomic mass is 10.0. The first-order valence-corrected chi connectivity index (χ1v) is 10.1. The Hall–Kier alpha value is -2.44. The summed E-state index contributed by atoms with van der Waals surface area (Å²) in [5.74, 6) is -0.0691. The van der Waals surface area contributed by atoms with E-state index in [0.29, 0.717) is 12.0 Å². The van der Waals surface area contributed by atoms with E-state index >= 15 is 0 Å². The van der Waals surface area contributed by atoms with Crippen molar-refractivity contribution in [2.24, 2.45) is 0 Å². The van der Waals surface area contributed by atoms with E-state index in [1.54, 1.807) is 12.1 Å². The van der Waals surface area contributed by atoms with Crippen molar-refractivity contribution >= 4 is 20.9 Å². The van der Waals surface area contributed by atoms with Crippen molar-refractivity contribution in [3.63, 3.8) is 0 Å². The van der Waals surface area contributed by atoms with Gasteiger partial charge in [-0.2, -0.15) is 0 Å². The third-order valence-corrected chi connectivity index (χ3v) is 5.81. The van der Waals surface area contributed by atoms with Crippen LogP contribution < -0.4 is 10.3 Å². The summed E-state index contributed by atoms with van der Waals surface area (Å²) < 4.78 is 26.9. The maximum absolute atomic E-state index is 12.2. The normalized spacial score (nSPS) is 11.8. The van der Waals surface area contributed by atoms with Gasteiger partial charge in [-0.1, -0.05) is 30.3 Å². The Balaban J connectivity index is 1.70. The predicted octanol–water partition coefficient (Wildman–Crippen LogP) is 2.81. The van der Waals surface area contributed by atoms with Gasteiger partial charge < -0.3 is 4.98 Å². The Morgan fingerprint density at radius 1 is 1.00 bits per heavy atom. The summed E-state index contributed by atoms with van der Waals surface area (Å²) in [5.41, 5.74) is 4.20. The summed E-state index contributed by atoms with van der Waals surface area (Å²) in [6.07, 6.45) is 0.340. The maximum atomic E-state index is 12.2. The molecular weight excluding hydrogens is 348 g/mol. The Morgan fingerprint density at radius 3 is 2.42 bits per heavy atom. The molecule has 5 nitrogen and oxygen atoms in total. The minimum absolute atomic E-state index is 0.0691. The number of hydrogen-bond donors (Lipinski definition) is 2. The number of sulfonamides is 1. The van der Waals surface area contributed by atoms with Crippen LogP contribution in [0.2, 0.25) is 0 Å². The third-order valence-electron chi connectivity index (χ3n) is 4.45. The molecule has 0 unspecified atom stereocenters. The Labute approximate surface area is 153 Å². The molecule has 0 aliphatic carbocycles. The number of hydrogen-bond acceptors (Lipinski definition) is 3. The Kier molecular flexibility index (Phi) is 5.25. The topological polar surface area (TPSA) is 79.0 Å². The van der Waals surface area contributed by atoms with Gasteiger partial charge in [0.15, 0.2) is 0 Å². The number of pyridine rings is 1. The van der Waals surface area contributed by atoms with E-state index in [0.717, 1.165) is 27.6 Å². The molecule has 1 heterocycles. The molecule has 3 aromatic rings. The average Bonchev–Trinajstić information content (AvgIpc) is 2.57. The van der Waals surface area contributed by atoms with Crippen LogP contribution >= 0.6 is 0 Å². The summed E-state index contributed by atoms with van der Waals surface area (Å²) in [6.45, 7) is 4.22. The van der Waals surface area contributed by atoms with E-state index in [1.807, 2.05) is 50.2 Å². The zero-order valence-corrected chi connectivity index (χ0v) is 15.7. The molecular formula is C20H22N2O3S. The van der Waals surface area contributed by atoms with Crippen molar-refractivity contribution in [1.82, 2.24) is 9.71 Å². The number of aryl methyl sites for hydroxylation is 2. The van der Waals surface area contributed by atoms with E-state index < -0.39 is 10.0 Å². The fourth-order valence-corrected chi connectivity index (χ4v) is 4.04. The van der Waals surface area contributed by atoms with Crippen LogP contribution in [-0.2, 0) is 22.2 Å². The molecule has 0 aliphatic heterocycles. The number of rotatable bonds is 6. The van der Waals surface area contributed by atoms with Crippen LogP contribution in [0.25, 0.3) is 10.9 Å². The lowest BCUT2D eigenvalue weighted by Crippen LogP contribution is -2.28. The molecule has 0 radical (unpaired) electrons. The van der Waals surface area contributed by atoms with Crippen molar-refractivity contribution in [3.05, 3.63) is 81.1 Å². The monoisotopic (exact) mass is 370 g/mol. The van der Waals surface area contributed by atoms with Crippen molar-refractivity contribution < 1.29 is 8.42 Å². The SMILES string of the molecule is Cc1cc2cc(CCNS(=O)(=O)Cc3ccccc3)c(=O)[nH]c2cc1C. The van der Waals surface area contributed by atoms with E-state index in [-0.39, 0.29) is 17.9 Å². The van der Waals surface area contributed by atoms with Gasteiger partial charge in [-0.25, -0.2) is 13.1 Å². The van der Waals surface area contributed by atoms with Gasteiger partial charge in [0.2, 0.25) is 10.0 Å². The second-order valence-corrected chi connectivity index (χ2v) is 8.34. The van der Waals surface area contributed by atoms with Gasteiger partial charge >= 0.3 is 0 Å². The molecule has 0 saturated heterocycles. The molecule has 0 bridgehead atoms.